The van der Waals surface area contributed by atoms with Crippen molar-refractivity contribution in [2.24, 2.45) is 0 Å². The number of nitrogens with zero attached hydrogens (tertiary/aromatic N) is 1. The molecule has 2 aromatic rings. The fraction of sp³-hybridized carbons (Fsp3) is 0.417. The topological polar surface area (TPSA) is 48.0 Å². The lowest BCUT2D eigenvalue weighted by molar-refractivity contribution is 0.508. The van der Waals surface area contributed by atoms with E-state index in [1.807, 2.05) is 22.8 Å². The van der Waals surface area contributed by atoms with E-state index in [2.05, 4.69) is 13.8 Å². The number of nitrogen functional groups attached to an aromatic ring is 1. The Bertz CT molecular complexity index is 556. The Kier molecular flexibility index (Phi) is 3.01. The minimum atomic E-state index is 0.113. The SMILES string of the molecule is CCCC(C)n1c(=O)sc2ccc(N)cc21. The summed E-state index contributed by atoms with van der Waals surface area (Å²) in [6.45, 7) is 4.21. The van der Waals surface area contributed by atoms with Gasteiger partial charge in [-0.3, -0.25) is 9.36 Å². The van der Waals surface area contributed by atoms with Crippen molar-refractivity contribution in [3.05, 3.63) is 27.9 Å². The van der Waals surface area contributed by atoms with E-state index in [1.165, 1.54) is 11.3 Å². The van der Waals surface area contributed by atoms with Crippen molar-refractivity contribution in [1.82, 2.24) is 4.57 Å². The van der Waals surface area contributed by atoms with Gasteiger partial charge >= 0.3 is 4.87 Å². The Morgan fingerprint density at radius 1 is 1.50 bits per heavy atom. The molecule has 3 nitrogen and oxygen atoms in total. The van der Waals surface area contributed by atoms with Crippen molar-refractivity contribution in [3.8, 4) is 0 Å². The molecule has 0 spiro atoms. The van der Waals surface area contributed by atoms with Crippen molar-refractivity contribution in [2.75, 3.05) is 5.73 Å². The van der Waals surface area contributed by atoms with Crippen LogP contribution in [0.4, 0.5) is 5.69 Å². The number of hydrogen-bond acceptors (Lipinski definition) is 3. The number of rotatable bonds is 3. The zero-order chi connectivity index (χ0) is 11.7. The van der Waals surface area contributed by atoms with Crippen LogP contribution in [0.2, 0.25) is 0 Å². The first kappa shape index (κ1) is 11.2. The highest BCUT2D eigenvalue weighted by atomic mass is 32.1. The van der Waals surface area contributed by atoms with E-state index < -0.39 is 0 Å². The second-order valence-electron chi connectivity index (χ2n) is 4.10. The van der Waals surface area contributed by atoms with Crippen LogP contribution < -0.4 is 10.6 Å². The molecule has 1 heterocycles. The fourth-order valence-electron chi connectivity index (χ4n) is 2.01. The van der Waals surface area contributed by atoms with Crippen molar-refractivity contribution in [3.63, 3.8) is 0 Å². The molecule has 16 heavy (non-hydrogen) atoms. The summed E-state index contributed by atoms with van der Waals surface area (Å²) in [4.78, 5) is 12.0. The van der Waals surface area contributed by atoms with Gasteiger partial charge in [-0.1, -0.05) is 24.7 Å². The molecule has 2 rings (SSSR count). The van der Waals surface area contributed by atoms with Crippen LogP contribution in [0.25, 0.3) is 10.2 Å². The van der Waals surface area contributed by atoms with Gasteiger partial charge < -0.3 is 5.73 Å². The van der Waals surface area contributed by atoms with E-state index in [-0.39, 0.29) is 10.9 Å². The van der Waals surface area contributed by atoms with Crippen LogP contribution in [0.1, 0.15) is 32.7 Å². The third-order valence-corrected chi connectivity index (χ3v) is 3.72. The number of nitrogens with two attached hydrogens (primary N) is 1. The smallest absolute Gasteiger partial charge is 0.308 e. The Balaban J connectivity index is 2.62. The molecule has 0 saturated carbocycles. The Hall–Kier alpha value is -1.29. The van der Waals surface area contributed by atoms with E-state index >= 15 is 0 Å². The second kappa shape index (κ2) is 4.29. The summed E-state index contributed by atoms with van der Waals surface area (Å²) in [5.74, 6) is 0. The number of benzene rings is 1. The maximum absolute atomic E-state index is 11.9. The minimum absolute atomic E-state index is 0.113. The van der Waals surface area contributed by atoms with Crippen molar-refractivity contribution in [1.29, 1.82) is 0 Å². The van der Waals surface area contributed by atoms with Crippen molar-refractivity contribution < 1.29 is 0 Å². The van der Waals surface area contributed by atoms with Gasteiger partial charge in [0.05, 0.1) is 10.2 Å². The quantitative estimate of drug-likeness (QED) is 0.833. The standard InChI is InChI=1S/C12H16N2OS/c1-3-4-8(2)14-10-7-9(13)5-6-11(10)16-12(14)15/h5-8H,3-4,13H2,1-2H3. The molecule has 1 unspecified atom stereocenters. The van der Waals surface area contributed by atoms with Crippen LogP contribution in [0, 0.1) is 0 Å². The van der Waals surface area contributed by atoms with Crippen LogP contribution in [0.5, 0.6) is 0 Å². The van der Waals surface area contributed by atoms with Gasteiger partial charge in [-0.05, 0) is 31.5 Å². The molecule has 1 aromatic heterocycles. The molecule has 0 aliphatic heterocycles. The van der Waals surface area contributed by atoms with Crippen LogP contribution in [0.3, 0.4) is 0 Å². The molecule has 1 aromatic carbocycles. The number of fused-ring (bicyclic) bond motifs is 1. The summed E-state index contributed by atoms with van der Waals surface area (Å²) in [5.41, 5.74) is 7.44. The number of aromatic nitrogens is 1. The van der Waals surface area contributed by atoms with Gasteiger partial charge in [0.2, 0.25) is 0 Å². The Morgan fingerprint density at radius 3 is 2.94 bits per heavy atom. The van der Waals surface area contributed by atoms with E-state index in [9.17, 15) is 4.79 Å². The lowest BCUT2D eigenvalue weighted by Gasteiger charge is -2.12. The molecule has 0 aliphatic rings. The van der Waals surface area contributed by atoms with E-state index in [1.54, 1.807) is 0 Å². The maximum atomic E-state index is 11.9. The van der Waals surface area contributed by atoms with E-state index in [4.69, 9.17) is 5.73 Å². The third kappa shape index (κ3) is 1.85. The van der Waals surface area contributed by atoms with Gasteiger partial charge in [-0.15, -0.1) is 0 Å². The Labute approximate surface area is 98.5 Å². The predicted octanol–water partition coefficient (Wildman–Crippen LogP) is 3.01. The van der Waals surface area contributed by atoms with Gasteiger partial charge in [0, 0.05) is 11.7 Å². The molecule has 0 aliphatic carbocycles. The van der Waals surface area contributed by atoms with Crippen LogP contribution in [-0.2, 0) is 0 Å². The summed E-state index contributed by atoms with van der Waals surface area (Å²) in [7, 11) is 0. The molecule has 0 saturated heterocycles. The monoisotopic (exact) mass is 236 g/mol. The summed E-state index contributed by atoms with van der Waals surface area (Å²) >= 11 is 1.29. The zero-order valence-corrected chi connectivity index (χ0v) is 10.4. The van der Waals surface area contributed by atoms with E-state index in [0.717, 1.165) is 23.1 Å². The van der Waals surface area contributed by atoms with Gasteiger partial charge in [-0.2, -0.15) is 0 Å². The van der Waals surface area contributed by atoms with Gasteiger partial charge in [0.15, 0.2) is 0 Å². The lowest BCUT2D eigenvalue weighted by Crippen LogP contribution is -2.17. The summed E-state index contributed by atoms with van der Waals surface area (Å²) < 4.78 is 2.88. The normalized spacial score (nSPS) is 13.1. The first-order chi connectivity index (χ1) is 7.63. The number of anilines is 1. The van der Waals surface area contributed by atoms with Crippen molar-refractivity contribution in [2.45, 2.75) is 32.7 Å². The van der Waals surface area contributed by atoms with E-state index in [0.29, 0.717) is 5.69 Å². The largest absolute Gasteiger partial charge is 0.399 e. The minimum Gasteiger partial charge on any atom is -0.399 e. The molecule has 4 heteroatoms. The first-order valence-corrected chi connectivity index (χ1v) is 6.35. The van der Waals surface area contributed by atoms with Gasteiger partial charge in [-0.25, -0.2) is 0 Å². The van der Waals surface area contributed by atoms with Crippen LogP contribution in [0.15, 0.2) is 23.0 Å². The fourth-order valence-corrected chi connectivity index (χ4v) is 2.98. The Morgan fingerprint density at radius 2 is 2.25 bits per heavy atom. The predicted molar refractivity (Wildman–Crippen MR) is 70.1 cm³/mol. The highest BCUT2D eigenvalue weighted by Gasteiger charge is 2.12. The number of hydrogen-bond donors (Lipinski definition) is 1. The molecular formula is C12H16N2OS. The third-order valence-electron chi connectivity index (χ3n) is 2.78. The molecule has 0 amide bonds. The summed E-state index contributed by atoms with van der Waals surface area (Å²) in [6.07, 6.45) is 2.09. The second-order valence-corrected chi connectivity index (χ2v) is 5.10. The molecule has 0 fully saturated rings. The van der Waals surface area contributed by atoms with Gasteiger partial charge in [0.25, 0.3) is 0 Å². The summed E-state index contributed by atoms with van der Waals surface area (Å²) in [5, 5.41) is 0. The maximum Gasteiger partial charge on any atom is 0.308 e. The first-order valence-electron chi connectivity index (χ1n) is 5.54. The molecule has 1 atom stereocenters. The molecule has 0 radical (unpaired) electrons. The molecule has 86 valence electrons. The van der Waals surface area contributed by atoms with Crippen LogP contribution in [-0.4, -0.2) is 4.57 Å². The van der Waals surface area contributed by atoms with Crippen LogP contribution >= 0.6 is 11.3 Å². The lowest BCUT2D eigenvalue weighted by atomic mass is 10.2. The molecule has 0 bridgehead atoms. The highest BCUT2D eigenvalue weighted by molar-refractivity contribution is 7.16. The average molecular weight is 236 g/mol. The zero-order valence-electron chi connectivity index (χ0n) is 9.56. The van der Waals surface area contributed by atoms with Gasteiger partial charge in [0.1, 0.15) is 0 Å². The molecular weight excluding hydrogens is 220 g/mol. The molecule has 2 N–H and O–H groups in total. The summed E-state index contributed by atoms with van der Waals surface area (Å²) in [6, 6.07) is 5.89. The highest BCUT2D eigenvalue weighted by Crippen LogP contribution is 2.24. The van der Waals surface area contributed by atoms with Crippen molar-refractivity contribution >= 4 is 27.2 Å². The number of thiazole rings is 1. The average Bonchev–Trinajstić information content (AvgIpc) is 2.53.